The average Bonchev–Trinajstić information content (AvgIpc) is 1.69. The molecule has 0 aromatic carbocycles. The highest BCUT2D eigenvalue weighted by Crippen LogP contribution is 2.43. The molecule has 0 unspecified atom stereocenters. The van der Waals surface area contributed by atoms with Gasteiger partial charge in [-0.2, -0.15) is 76.7 Å². The Kier molecular flexibility index (Phi) is 96.6. The molecule has 63 nitrogen and oxygen atoms in total. The lowest BCUT2D eigenvalue weighted by atomic mass is 10.4. The van der Waals surface area contributed by atoms with Crippen molar-refractivity contribution in [3.8, 4) is 0 Å². The zero-order valence-corrected chi connectivity index (χ0v) is 70.8. The SMILES string of the molecule is CC(=N)N1CCCC1.CCCN(C)C(N)=NP(=O)(O)O.CCN(C)C(=N)N.CCN(C)C(N)=NP(=O)(O)O.CCN(C)C(N)=NP(=O)(O)O.CCN1CCN(P(=O)(O)O)C1=N.CCN=C(N)NP(=O)(O)O.CN(C)C(N)=NP(=O)(O)O.CN1CCN(P(=O)(O)O)C1=N.O=C=O.O=C=O.O=C=O.O=C=O.O=C=O.O=C=O.O=C=O.O=C=O. The second-order valence-corrected chi connectivity index (χ2v) is 28.2. The van der Waals surface area contributed by atoms with Crippen molar-refractivity contribution in [2.75, 3.05) is 128 Å². The van der Waals surface area contributed by atoms with Crippen LogP contribution in [0, 0.1) is 21.6 Å². The molecular formula is C46H103N26O37P7. The summed E-state index contributed by atoms with van der Waals surface area (Å²) in [5.74, 6) is -0.204. The summed E-state index contributed by atoms with van der Waals surface area (Å²) < 4.78 is 86.0. The maximum Gasteiger partial charge on any atom is 0.451 e. The zero-order valence-electron chi connectivity index (χ0n) is 64.6. The predicted octanol–water partition coefficient (Wildman–Crippen LogP) is -8.46. The van der Waals surface area contributed by atoms with Gasteiger partial charge in [0.2, 0.25) is 35.8 Å². The van der Waals surface area contributed by atoms with Crippen LogP contribution in [-0.4, -0.2) is 348 Å². The minimum absolute atomic E-state index is 0.0779. The molecule has 3 rings (SSSR count). The van der Waals surface area contributed by atoms with Gasteiger partial charge in [0.05, 0.1) is 5.84 Å². The molecular weight excluding hydrogens is 1730 g/mol. The third kappa shape index (κ3) is 115. The standard InChI is InChI=1S/C6H12N2.C5H12N3O3P.C5H14N3O3P.C4H10N3O3P.2C4H12N3O3P.C4H11N3.2C3H10N3O3P.8CO2/c1-6(7)8-4-2-3-5-8;1-2-7-3-4-8(5(7)6)12(9,10)11;1-3-4-8(2)5(6)7-12(9,10)11;1-6-2-3-7(4(6)5)11(8,9)10;2*1-3-7(2)4(5)6-11(8,9)10;1-3-7(2)4(5)6;1-6(2)3(4)5-10(7,8)9;1-2-5-3(4)6-10(7,8)9;8*2-1-3/h7H,2-5H2,1H3;6H,2-4H2,1H3,(H2,9,10,11);3-4H2,1-2H3,(H4,6,7,9,10,11);5H,2-3H2,1H3,(H2,8,9,10);2*3H2,1-2H3,(H4,5,6,8,9,10);3H2,1-2H3,(H3,5,6);1-2H3,(H4,4,5,7,8,9);2H2,1H3,(H5,4,5,6,7,8,9);;;;;;;;. The fourth-order valence-corrected chi connectivity index (χ4v) is 8.81. The van der Waals surface area contributed by atoms with Gasteiger partial charge < -0.3 is 142 Å². The van der Waals surface area contributed by atoms with Gasteiger partial charge in [-0.1, -0.05) is 6.92 Å². The summed E-state index contributed by atoms with van der Waals surface area (Å²) in [6, 6.07) is 0. The number of nitrogens with one attached hydrogen (secondary N) is 5. The maximum absolute atomic E-state index is 10.8. The lowest BCUT2D eigenvalue weighted by Gasteiger charge is -2.20. The quantitative estimate of drug-likeness (QED) is 0.0436. The molecule has 3 fully saturated rings. The molecule has 0 amide bonds. The molecule has 0 aliphatic carbocycles. The van der Waals surface area contributed by atoms with Crippen molar-refractivity contribution in [3.05, 3.63) is 0 Å². The van der Waals surface area contributed by atoms with E-state index < -0.39 is 54.2 Å². The third-order valence-corrected chi connectivity index (χ3v) is 14.9. The largest absolute Gasteiger partial charge is 0.451 e. The fraction of sp³-hybridized carbons (Fsp3) is 0.630. The summed E-state index contributed by atoms with van der Waals surface area (Å²) >= 11 is 0. The van der Waals surface area contributed by atoms with E-state index in [0.29, 0.717) is 45.8 Å². The highest BCUT2D eigenvalue weighted by molar-refractivity contribution is 7.52. The van der Waals surface area contributed by atoms with Gasteiger partial charge in [0, 0.05) is 128 Å². The second kappa shape index (κ2) is 81.3. The van der Waals surface area contributed by atoms with E-state index in [0.717, 1.165) is 41.2 Å². The van der Waals surface area contributed by atoms with E-state index in [1.807, 2.05) is 27.7 Å². The van der Waals surface area contributed by atoms with Crippen LogP contribution in [-0.2, 0) is 109 Å². The van der Waals surface area contributed by atoms with Crippen LogP contribution in [0.4, 0.5) is 0 Å². The average molecular weight is 1830 g/mol. The first-order valence-corrected chi connectivity index (χ1v) is 40.8. The molecule has 0 saturated carbocycles. The van der Waals surface area contributed by atoms with Crippen molar-refractivity contribution in [1.82, 2.24) is 53.6 Å². The van der Waals surface area contributed by atoms with Crippen LogP contribution in [0.5, 0.6) is 0 Å². The van der Waals surface area contributed by atoms with Gasteiger partial charge in [0.1, 0.15) is 0 Å². The number of carbonyl (C=O) groups excluding carboxylic acids is 16. The van der Waals surface area contributed by atoms with Gasteiger partial charge in [0.25, 0.3) is 0 Å². The van der Waals surface area contributed by atoms with E-state index in [9.17, 15) is 32.0 Å². The molecule has 674 valence electrons. The van der Waals surface area contributed by atoms with Gasteiger partial charge in [0.15, 0.2) is 11.9 Å². The number of aliphatic imine (C=N–C) groups is 1. The van der Waals surface area contributed by atoms with E-state index in [1.165, 1.54) is 51.4 Å². The number of nitrogens with zero attached hydrogens (tertiary/aromatic N) is 15. The fourth-order valence-electron chi connectivity index (χ4n) is 5.26. The zero-order chi connectivity index (χ0) is 96.0. The summed E-state index contributed by atoms with van der Waals surface area (Å²) in [5.41, 5.74) is 30.8. The molecule has 70 heteroatoms. The Balaban J connectivity index is -0.0000000813. The lowest BCUT2D eigenvalue weighted by molar-refractivity contribution is -0.193. The van der Waals surface area contributed by atoms with Crippen LogP contribution in [0.25, 0.3) is 0 Å². The van der Waals surface area contributed by atoms with Crippen LogP contribution in [0.15, 0.2) is 24.0 Å². The number of hydrogen-bond donors (Lipinski definition) is 25. The summed E-state index contributed by atoms with van der Waals surface area (Å²) in [6.07, 6.45) is 5.39. The molecule has 3 aliphatic heterocycles. The molecule has 31 N–H and O–H groups in total. The number of likely N-dealkylation sites (N-methyl/N-ethyl adjacent to an activating group) is 2. The first-order chi connectivity index (χ1) is 52.6. The number of guanidine groups is 8. The molecule has 3 heterocycles. The van der Waals surface area contributed by atoms with Gasteiger partial charge in [-0.25, -0.2) is 41.3 Å². The molecule has 0 aromatic rings. The van der Waals surface area contributed by atoms with E-state index in [4.69, 9.17) is 201 Å². The minimum atomic E-state index is -4.38. The van der Waals surface area contributed by atoms with Crippen molar-refractivity contribution >= 4 is 157 Å². The molecule has 0 atom stereocenters. The summed E-state index contributed by atoms with van der Waals surface area (Å²) in [7, 11) is -18.9. The maximum atomic E-state index is 10.8. The number of rotatable bonds is 14. The van der Waals surface area contributed by atoms with Crippen LogP contribution in [0.1, 0.15) is 67.7 Å². The highest BCUT2D eigenvalue weighted by Gasteiger charge is 2.36. The molecule has 0 aromatic heterocycles. The van der Waals surface area contributed by atoms with Gasteiger partial charge >= 0.3 is 103 Å². The van der Waals surface area contributed by atoms with Crippen molar-refractivity contribution in [2.45, 2.75) is 67.7 Å². The Hall–Kier alpha value is -10.3. The first kappa shape index (κ1) is 138. The third-order valence-electron chi connectivity index (χ3n) is 10.5. The van der Waals surface area contributed by atoms with Crippen molar-refractivity contribution in [3.63, 3.8) is 0 Å². The lowest BCUT2D eigenvalue weighted by Crippen LogP contribution is -2.34. The molecule has 116 heavy (non-hydrogen) atoms. The molecule has 3 saturated heterocycles. The summed E-state index contributed by atoms with van der Waals surface area (Å²) in [5, 5.41) is 30.3. The number of likely N-dealkylation sites (tertiary alicyclic amines) is 1. The van der Waals surface area contributed by atoms with Crippen LogP contribution < -0.4 is 39.5 Å². The van der Waals surface area contributed by atoms with E-state index in [-0.39, 0.29) is 110 Å². The van der Waals surface area contributed by atoms with Gasteiger partial charge in [-0.15, -0.1) is 19.1 Å². The number of amidine groups is 1. The monoisotopic (exact) mass is 1830 g/mol. The normalized spacial score (nSPS) is 12.4. The van der Waals surface area contributed by atoms with E-state index in [1.54, 1.807) is 70.9 Å². The van der Waals surface area contributed by atoms with Gasteiger partial charge in [-0.05, 0) is 60.8 Å². The summed E-state index contributed by atoms with van der Waals surface area (Å²) in [4.78, 5) is 264. The molecule has 0 radical (unpaired) electrons. The Morgan fingerprint density at radius 3 is 0.845 bits per heavy atom. The first-order valence-electron chi connectivity index (χ1n) is 29.8. The van der Waals surface area contributed by atoms with E-state index in [2.05, 4.69) is 28.9 Å². The van der Waals surface area contributed by atoms with Crippen molar-refractivity contribution in [1.29, 1.82) is 21.6 Å². The molecule has 3 aliphatic rings. The Bertz CT molecular complexity index is 3370. The molecule has 0 bridgehead atoms. The predicted molar refractivity (Wildman–Crippen MR) is 393 cm³/mol. The highest BCUT2D eigenvalue weighted by atomic mass is 31.2. The smallest absolute Gasteiger partial charge is 0.370 e. The second-order valence-electron chi connectivity index (χ2n) is 19.0. The van der Waals surface area contributed by atoms with Crippen molar-refractivity contribution in [2.24, 2.45) is 58.4 Å². The Morgan fingerprint density at radius 1 is 0.431 bits per heavy atom. The van der Waals surface area contributed by atoms with Gasteiger partial charge in [-0.3, -0.25) is 31.7 Å². The van der Waals surface area contributed by atoms with Crippen molar-refractivity contribution < 1.29 is 177 Å². The van der Waals surface area contributed by atoms with Crippen LogP contribution in [0.2, 0.25) is 0 Å². The summed E-state index contributed by atoms with van der Waals surface area (Å²) in [6.45, 7) is 20.1. The Labute approximate surface area is 661 Å². The number of nitrogens with two attached hydrogens (primary N) is 6. The topological polar surface area (TPSA) is 1030 Å². The Morgan fingerprint density at radius 2 is 0.698 bits per heavy atom. The molecule has 0 spiro atoms. The van der Waals surface area contributed by atoms with Crippen LogP contribution >= 0.6 is 54.2 Å². The van der Waals surface area contributed by atoms with Crippen LogP contribution in [0.3, 0.4) is 0 Å². The number of hydrogen-bond acceptors (Lipinski definition) is 28. The van der Waals surface area contributed by atoms with E-state index >= 15 is 0 Å². The minimum Gasteiger partial charge on any atom is -0.370 e.